The average Bonchev–Trinajstić information content (AvgIpc) is 3.15. The molecule has 1 aromatic carbocycles. The van der Waals surface area contributed by atoms with Crippen LogP contribution in [0.25, 0.3) is 10.2 Å². The number of thioether (sulfide) groups is 1. The van der Waals surface area contributed by atoms with Crippen molar-refractivity contribution in [2.45, 2.75) is 58.0 Å². The average molecular weight is 412 g/mol. The molecule has 3 heterocycles. The summed E-state index contributed by atoms with van der Waals surface area (Å²) in [6, 6.07) is 8.43. The third-order valence-electron chi connectivity index (χ3n) is 5.32. The summed E-state index contributed by atoms with van der Waals surface area (Å²) in [5, 5.41) is 2.07. The second-order valence-electron chi connectivity index (χ2n) is 7.39. The minimum absolute atomic E-state index is 0.149. The van der Waals surface area contributed by atoms with Crippen molar-refractivity contribution in [3.63, 3.8) is 0 Å². The molecule has 0 saturated carbocycles. The maximum absolute atomic E-state index is 13.1. The molecule has 28 heavy (non-hydrogen) atoms. The highest BCUT2D eigenvalue weighted by Gasteiger charge is 2.30. The van der Waals surface area contributed by atoms with Crippen LogP contribution in [0.5, 0.6) is 0 Å². The quantitative estimate of drug-likeness (QED) is 0.420. The highest BCUT2D eigenvalue weighted by atomic mass is 32.2. The maximum atomic E-state index is 13.1. The van der Waals surface area contributed by atoms with Crippen LogP contribution < -0.4 is 4.90 Å². The molecular formula is C22H25N3OS2. The lowest BCUT2D eigenvalue weighted by molar-refractivity contribution is -0.116. The van der Waals surface area contributed by atoms with Gasteiger partial charge >= 0.3 is 0 Å². The van der Waals surface area contributed by atoms with Crippen LogP contribution >= 0.6 is 23.1 Å². The number of carbonyl (C=O) groups excluding carboxylic acids is 1. The van der Waals surface area contributed by atoms with Gasteiger partial charge in [-0.15, -0.1) is 11.3 Å². The molecule has 4 rings (SSSR count). The van der Waals surface area contributed by atoms with E-state index in [4.69, 9.17) is 9.97 Å². The van der Waals surface area contributed by atoms with Crippen molar-refractivity contribution in [2.24, 2.45) is 0 Å². The van der Waals surface area contributed by atoms with Gasteiger partial charge in [-0.05, 0) is 50.8 Å². The smallest absolute Gasteiger partial charge is 0.237 e. The Bertz CT molecular complexity index is 1040. The highest BCUT2D eigenvalue weighted by molar-refractivity contribution is 8.00. The summed E-state index contributed by atoms with van der Waals surface area (Å²) in [4.78, 5) is 26.9. The van der Waals surface area contributed by atoms with Crippen LogP contribution in [0, 0.1) is 13.8 Å². The number of nitrogens with zero attached hydrogens (tertiary/aromatic N) is 3. The van der Waals surface area contributed by atoms with Gasteiger partial charge in [0, 0.05) is 28.4 Å². The van der Waals surface area contributed by atoms with E-state index < -0.39 is 0 Å². The molecule has 0 bridgehead atoms. The molecule has 0 radical (unpaired) electrons. The summed E-state index contributed by atoms with van der Waals surface area (Å²) in [5.74, 6) is 1.42. The van der Waals surface area contributed by atoms with Gasteiger partial charge in [0.2, 0.25) is 5.91 Å². The molecule has 0 spiro atoms. The van der Waals surface area contributed by atoms with Gasteiger partial charge in [0.1, 0.15) is 15.7 Å². The first-order chi connectivity index (χ1) is 13.5. The number of hydrogen-bond acceptors (Lipinski definition) is 5. The van der Waals surface area contributed by atoms with E-state index in [1.165, 1.54) is 16.0 Å². The highest BCUT2D eigenvalue weighted by Crippen LogP contribution is 2.37. The van der Waals surface area contributed by atoms with Crippen LogP contribution in [0.2, 0.25) is 0 Å². The van der Waals surface area contributed by atoms with Crippen molar-refractivity contribution in [3.8, 4) is 0 Å². The molecule has 1 aliphatic rings. The maximum Gasteiger partial charge on any atom is 0.237 e. The zero-order chi connectivity index (χ0) is 19.8. The Balaban J connectivity index is 1.61. The third kappa shape index (κ3) is 3.44. The van der Waals surface area contributed by atoms with E-state index in [1.54, 1.807) is 23.1 Å². The Kier molecular flexibility index (Phi) is 5.43. The second-order valence-corrected chi connectivity index (χ2v) is 9.56. The molecule has 2 aromatic heterocycles. The lowest BCUT2D eigenvalue weighted by atomic mass is 10.1. The van der Waals surface area contributed by atoms with Gasteiger partial charge in [0.15, 0.2) is 0 Å². The summed E-state index contributed by atoms with van der Waals surface area (Å²) in [6.07, 6.45) is 2.80. The fourth-order valence-corrected chi connectivity index (χ4v) is 5.92. The SMILES string of the molecule is CCCc1nc(SCC(=O)N2c3ccccc3C[C@H]2C)c2c(C)c(C)sc2n1. The molecule has 146 valence electrons. The number of fused-ring (bicyclic) bond motifs is 2. The predicted octanol–water partition coefficient (Wildman–Crippen LogP) is 5.33. The van der Waals surface area contributed by atoms with Gasteiger partial charge < -0.3 is 4.90 Å². The van der Waals surface area contributed by atoms with Crippen LogP contribution in [-0.4, -0.2) is 27.7 Å². The van der Waals surface area contributed by atoms with Gasteiger partial charge in [-0.3, -0.25) is 4.79 Å². The number of aryl methyl sites for hydroxylation is 3. The van der Waals surface area contributed by atoms with Gasteiger partial charge in [-0.2, -0.15) is 0 Å². The fourth-order valence-electron chi connectivity index (χ4n) is 3.84. The van der Waals surface area contributed by atoms with E-state index in [2.05, 4.69) is 39.8 Å². The Morgan fingerprint density at radius 2 is 2.07 bits per heavy atom. The van der Waals surface area contributed by atoms with Crippen LogP contribution in [-0.2, 0) is 17.6 Å². The number of rotatable bonds is 5. The number of hydrogen-bond donors (Lipinski definition) is 0. The van der Waals surface area contributed by atoms with Crippen molar-refractivity contribution in [2.75, 3.05) is 10.7 Å². The normalized spacial score (nSPS) is 16.0. The van der Waals surface area contributed by atoms with Crippen LogP contribution in [0.4, 0.5) is 5.69 Å². The minimum atomic E-state index is 0.149. The lowest BCUT2D eigenvalue weighted by Gasteiger charge is -2.22. The van der Waals surface area contributed by atoms with Crippen LogP contribution in [0.1, 0.15) is 42.1 Å². The van der Waals surface area contributed by atoms with Crippen molar-refractivity contribution >= 4 is 44.9 Å². The van der Waals surface area contributed by atoms with Gasteiger partial charge in [0.05, 0.1) is 5.75 Å². The molecule has 0 saturated heterocycles. The van der Waals surface area contributed by atoms with Crippen LogP contribution in [0.15, 0.2) is 29.3 Å². The molecule has 1 amide bonds. The van der Waals surface area contributed by atoms with Gasteiger partial charge in [-0.25, -0.2) is 9.97 Å². The number of thiophene rings is 1. The van der Waals surface area contributed by atoms with Crippen molar-refractivity contribution in [3.05, 3.63) is 46.1 Å². The first-order valence-corrected chi connectivity index (χ1v) is 11.6. The Morgan fingerprint density at radius 3 is 2.86 bits per heavy atom. The number of benzene rings is 1. The number of carbonyl (C=O) groups is 1. The zero-order valence-corrected chi connectivity index (χ0v) is 18.4. The number of amides is 1. The van der Waals surface area contributed by atoms with Gasteiger partial charge in [0.25, 0.3) is 0 Å². The van der Waals surface area contributed by atoms with E-state index in [0.29, 0.717) is 5.75 Å². The standard InChI is InChI=1S/C22H25N3OS2/c1-5-8-18-23-21(20-14(3)15(4)28-22(20)24-18)27-12-19(26)25-13(2)11-16-9-6-7-10-17(16)25/h6-7,9-10,13H,5,8,11-12H2,1-4H3/t13-/m1/s1. The first-order valence-electron chi connectivity index (χ1n) is 9.79. The second kappa shape index (κ2) is 7.84. The monoisotopic (exact) mass is 411 g/mol. The Labute approximate surface area is 174 Å². The predicted molar refractivity (Wildman–Crippen MR) is 119 cm³/mol. The zero-order valence-electron chi connectivity index (χ0n) is 16.8. The fraction of sp³-hybridized carbons (Fsp3) is 0.409. The molecule has 4 nitrogen and oxygen atoms in total. The summed E-state index contributed by atoms with van der Waals surface area (Å²) >= 11 is 3.28. The molecule has 0 unspecified atom stereocenters. The van der Waals surface area contributed by atoms with Crippen molar-refractivity contribution in [1.82, 2.24) is 9.97 Å². The van der Waals surface area contributed by atoms with Crippen molar-refractivity contribution < 1.29 is 4.79 Å². The third-order valence-corrected chi connectivity index (χ3v) is 7.38. The number of anilines is 1. The summed E-state index contributed by atoms with van der Waals surface area (Å²) < 4.78 is 0. The molecule has 0 aliphatic carbocycles. The topological polar surface area (TPSA) is 46.1 Å². The Morgan fingerprint density at radius 1 is 1.29 bits per heavy atom. The van der Waals surface area contributed by atoms with E-state index in [0.717, 1.165) is 46.0 Å². The summed E-state index contributed by atoms with van der Waals surface area (Å²) in [6.45, 7) is 8.52. The number of para-hydroxylation sites is 1. The van der Waals surface area contributed by atoms with Crippen molar-refractivity contribution in [1.29, 1.82) is 0 Å². The largest absolute Gasteiger partial charge is 0.308 e. The summed E-state index contributed by atoms with van der Waals surface area (Å²) in [5.41, 5.74) is 3.55. The van der Waals surface area contributed by atoms with E-state index in [-0.39, 0.29) is 11.9 Å². The first kappa shape index (κ1) is 19.4. The Hall–Kier alpha value is -1.92. The van der Waals surface area contributed by atoms with E-state index in [1.807, 2.05) is 17.0 Å². The molecular weight excluding hydrogens is 386 g/mol. The molecule has 0 N–H and O–H groups in total. The molecule has 1 aliphatic heterocycles. The van der Waals surface area contributed by atoms with Gasteiger partial charge in [-0.1, -0.05) is 36.9 Å². The summed E-state index contributed by atoms with van der Waals surface area (Å²) in [7, 11) is 0. The lowest BCUT2D eigenvalue weighted by Crippen LogP contribution is -2.37. The molecule has 1 atom stereocenters. The van der Waals surface area contributed by atoms with E-state index >= 15 is 0 Å². The minimum Gasteiger partial charge on any atom is -0.308 e. The molecule has 0 fully saturated rings. The molecule has 3 aromatic rings. The van der Waals surface area contributed by atoms with Crippen LogP contribution in [0.3, 0.4) is 0 Å². The number of aromatic nitrogens is 2. The molecule has 6 heteroatoms. The van der Waals surface area contributed by atoms with E-state index in [9.17, 15) is 4.79 Å².